The van der Waals surface area contributed by atoms with E-state index in [2.05, 4.69) is 21.2 Å². The summed E-state index contributed by atoms with van der Waals surface area (Å²) in [5.74, 6) is -0.606. The number of hydrogen-bond acceptors (Lipinski definition) is 2. The van der Waals surface area contributed by atoms with E-state index in [1.54, 1.807) is 0 Å². The molecule has 0 aliphatic carbocycles. The lowest BCUT2D eigenvalue weighted by atomic mass is 10.3. The Balaban J connectivity index is 2.11. The van der Waals surface area contributed by atoms with E-state index in [4.69, 9.17) is 34.8 Å². The zero-order chi connectivity index (χ0) is 13.3. The van der Waals surface area contributed by atoms with Gasteiger partial charge in [-0.25, -0.2) is 4.39 Å². The number of halogens is 5. The molecule has 96 valence electrons. The molecule has 0 spiro atoms. The largest absolute Gasteiger partial charge is 0.380 e. The van der Waals surface area contributed by atoms with E-state index in [1.807, 2.05) is 6.07 Å². The number of rotatable bonds is 3. The average molecular weight is 390 g/mol. The summed E-state index contributed by atoms with van der Waals surface area (Å²) in [6, 6.07) is 4.91. The average Bonchev–Trinajstić information content (AvgIpc) is 2.63. The standard InChI is InChI=1S/C11H6BrCl3FNS/c12-7-3-6(18-11(7)15)4-17-5-1-8(13)10(16)9(14)2-5/h1-3,17H,4H2. The van der Waals surface area contributed by atoms with Gasteiger partial charge in [-0.05, 0) is 34.1 Å². The van der Waals surface area contributed by atoms with Crippen LogP contribution in [0, 0.1) is 5.82 Å². The summed E-state index contributed by atoms with van der Waals surface area (Å²) in [6.07, 6.45) is 0. The topological polar surface area (TPSA) is 12.0 Å². The molecule has 1 heterocycles. The molecule has 18 heavy (non-hydrogen) atoms. The van der Waals surface area contributed by atoms with Gasteiger partial charge in [0.2, 0.25) is 0 Å². The third-order valence-electron chi connectivity index (χ3n) is 2.15. The maximum absolute atomic E-state index is 13.2. The first-order valence-corrected chi connectivity index (χ1v) is 7.54. The quantitative estimate of drug-likeness (QED) is 0.614. The Morgan fingerprint density at radius 1 is 1.17 bits per heavy atom. The lowest BCUT2D eigenvalue weighted by Gasteiger charge is -2.07. The van der Waals surface area contributed by atoms with Crippen molar-refractivity contribution in [1.82, 2.24) is 0 Å². The molecule has 2 rings (SSSR count). The number of thiophene rings is 1. The lowest BCUT2D eigenvalue weighted by Crippen LogP contribution is -1.98. The highest BCUT2D eigenvalue weighted by Gasteiger charge is 2.08. The van der Waals surface area contributed by atoms with Gasteiger partial charge in [0.25, 0.3) is 0 Å². The Hall–Kier alpha value is -0.0000000000000000555. The predicted octanol–water partition coefficient (Wildman–Crippen LogP) is 6.22. The van der Waals surface area contributed by atoms with Crippen LogP contribution in [0.4, 0.5) is 10.1 Å². The first-order chi connectivity index (χ1) is 8.47. The minimum Gasteiger partial charge on any atom is -0.380 e. The van der Waals surface area contributed by atoms with Gasteiger partial charge in [-0.3, -0.25) is 0 Å². The molecule has 2 aromatic rings. The van der Waals surface area contributed by atoms with E-state index >= 15 is 0 Å². The second-order valence-electron chi connectivity index (χ2n) is 3.44. The SMILES string of the molecule is Fc1c(Cl)cc(NCc2cc(Br)c(Cl)s2)cc1Cl. The molecule has 0 aliphatic heterocycles. The van der Waals surface area contributed by atoms with Crippen LogP contribution in [0.1, 0.15) is 4.88 Å². The monoisotopic (exact) mass is 387 g/mol. The number of nitrogens with one attached hydrogen (secondary N) is 1. The summed E-state index contributed by atoms with van der Waals surface area (Å²) in [5, 5.41) is 3.10. The van der Waals surface area contributed by atoms with Gasteiger partial charge in [-0.2, -0.15) is 0 Å². The third-order valence-corrected chi connectivity index (χ3v) is 5.17. The molecule has 0 fully saturated rings. The van der Waals surface area contributed by atoms with E-state index in [0.29, 0.717) is 16.6 Å². The van der Waals surface area contributed by atoms with E-state index < -0.39 is 5.82 Å². The van der Waals surface area contributed by atoms with Crippen molar-refractivity contribution in [2.24, 2.45) is 0 Å². The molecule has 0 unspecified atom stereocenters. The van der Waals surface area contributed by atoms with Crippen LogP contribution < -0.4 is 5.32 Å². The first-order valence-electron chi connectivity index (χ1n) is 4.79. The number of anilines is 1. The van der Waals surface area contributed by atoms with Gasteiger partial charge >= 0.3 is 0 Å². The summed E-state index contributed by atoms with van der Waals surface area (Å²) in [5.41, 5.74) is 0.659. The van der Waals surface area contributed by atoms with Crippen LogP contribution in [0.25, 0.3) is 0 Å². The van der Waals surface area contributed by atoms with Crippen LogP contribution in [0.15, 0.2) is 22.7 Å². The Kier molecular flexibility index (Phi) is 4.78. The van der Waals surface area contributed by atoms with Crippen molar-refractivity contribution in [3.63, 3.8) is 0 Å². The van der Waals surface area contributed by atoms with Crippen molar-refractivity contribution in [3.05, 3.63) is 47.7 Å². The summed E-state index contributed by atoms with van der Waals surface area (Å²) in [7, 11) is 0. The van der Waals surface area contributed by atoms with Crippen molar-refractivity contribution in [1.29, 1.82) is 0 Å². The molecule has 1 nitrogen and oxygen atoms in total. The number of benzene rings is 1. The van der Waals surface area contributed by atoms with Crippen molar-refractivity contribution < 1.29 is 4.39 Å². The maximum atomic E-state index is 13.2. The number of hydrogen-bond donors (Lipinski definition) is 1. The van der Waals surface area contributed by atoms with Crippen LogP contribution in [0.3, 0.4) is 0 Å². The van der Waals surface area contributed by atoms with E-state index in [1.165, 1.54) is 23.5 Å². The molecule has 1 aromatic heterocycles. The van der Waals surface area contributed by atoms with Crippen molar-refractivity contribution in [2.75, 3.05) is 5.32 Å². The van der Waals surface area contributed by atoms with Crippen LogP contribution in [0.2, 0.25) is 14.4 Å². The summed E-state index contributed by atoms with van der Waals surface area (Å²) < 4.78 is 14.8. The third kappa shape index (κ3) is 3.31. The molecule has 0 saturated carbocycles. The van der Waals surface area contributed by atoms with Crippen molar-refractivity contribution >= 4 is 67.8 Å². The van der Waals surface area contributed by atoms with Gasteiger partial charge in [0, 0.05) is 21.6 Å². The fourth-order valence-electron chi connectivity index (χ4n) is 1.33. The molecule has 0 amide bonds. The Morgan fingerprint density at radius 3 is 2.28 bits per heavy atom. The highest BCUT2D eigenvalue weighted by atomic mass is 79.9. The Labute approximate surface area is 131 Å². The molecule has 0 atom stereocenters. The van der Waals surface area contributed by atoms with Gasteiger partial charge in [0.1, 0.15) is 4.34 Å². The molecule has 1 N–H and O–H groups in total. The molecular formula is C11H6BrCl3FNS. The smallest absolute Gasteiger partial charge is 0.160 e. The van der Waals surface area contributed by atoms with Crippen LogP contribution in [-0.2, 0) is 6.54 Å². The molecule has 7 heteroatoms. The van der Waals surface area contributed by atoms with Crippen LogP contribution >= 0.6 is 62.1 Å². The minimum absolute atomic E-state index is 0.00427. The molecule has 0 radical (unpaired) electrons. The molecule has 0 bridgehead atoms. The Morgan fingerprint density at radius 2 is 1.78 bits per heavy atom. The lowest BCUT2D eigenvalue weighted by molar-refractivity contribution is 0.629. The molecule has 0 aliphatic rings. The van der Waals surface area contributed by atoms with Crippen LogP contribution in [0.5, 0.6) is 0 Å². The summed E-state index contributed by atoms with van der Waals surface area (Å²) in [4.78, 5) is 1.04. The van der Waals surface area contributed by atoms with Crippen molar-refractivity contribution in [2.45, 2.75) is 6.54 Å². The van der Waals surface area contributed by atoms with Gasteiger partial charge in [-0.15, -0.1) is 11.3 Å². The fraction of sp³-hybridized carbons (Fsp3) is 0.0909. The normalized spacial score (nSPS) is 10.7. The summed E-state index contributed by atoms with van der Waals surface area (Å²) >= 11 is 22.1. The maximum Gasteiger partial charge on any atom is 0.160 e. The van der Waals surface area contributed by atoms with E-state index in [-0.39, 0.29) is 10.0 Å². The van der Waals surface area contributed by atoms with Gasteiger partial charge in [0.15, 0.2) is 5.82 Å². The second kappa shape index (κ2) is 5.97. The van der Waals surface area contributed by atoms with E-state index in [0.717, 1.165) is 9.35 Å². The van der Waals surface area contributed by atoms with Gasteiger partial charge in [-0.1, -0.05) is 34.8 Å². The predicted molar refractivity (Wildman–Crippen MR) is 80.8 cm³/mol. The molecule has 1 aromatic carbocycles. The second-order valence-corrected chi connectivity index (χ2v) is 6.85. The highest BCUT2D eigenvalue weighted by molar-refractivity contribution is 9.10. The van der Waals surface area contributed by atoms with Gasteiger partial charge < -0.3 is 5.32 Å². The van der Waals surface area contributed by atoms with E-state index in [9.17, 15) is 4.39 Å². The zero-order valence-corrected chi connectivity index (χ0v) is 13.4. The van der Waals surface area contributed by atoms with Crippen LogP contribution in [-0.4, -0.2) is 0 Å². The zero-order valence-electron chi connectivity index (χ0n) is 8.74. The summed E-state index contributed by atoms with van der Waals surface area (Å²) in [6.45, 7) is 0.564. The molecule has 0 saturated heterocycles. The van der Waals surface area contributed by atoms with Crippen molar-refractivity contribution in [3.8, 4) is 0 Å². The Bertz CT molecular complexity index is 545. The fourth-order valence-corrected chi connectivity index (χ4v) is 3.54. The minimum atomic E-state index is -0.606. The molecular weight excluding hydrogens is 383 g/mol. The highest BCUT2D eigenvalue weighted by Crippen LogP contribution is 2.33. The first kappa shape index (κ1) is 14.4. The van der Waals surface area contributed by atoms with Gasteiger partial charge in [0.05, 0.1) is 10.0 Å².